The highest BCUT2D eigenvalue weighted by molar-refractivity contribution is 5.56. The summed E-state index contributed by atoms with van der Waals surface area (Å²) in [5.74, 6) is 0.523. The molecule has 4 heteroatoms. The second kappa shape index (κ2) is 6.41. The third-order valence-corrected chi connectivity index (χ3v) is 4.59. The van der Waals surface area contributed by atoms with Crippen molar-refractivity contribution in [2.75, 3.05) is 32.8 Å². The van der Waals surface area contributed by atoms with Crippen molar-refractivity contribution in [3.05, 3.63) is 41.7 Å². The van der Waals surface area contributed by atoms with E-state index < -0.39 is 0 Å². The Kier molecular flexibility index (Phi) is 4.52. The molecule has 120 valence electrons. The third-order valence-electron chi connectivity index (χ3n) is 4.59. The van der Waals surface area contributed by atoms with Crippen molar-refractivity contribution in [3.8, 4) is 0 Å². The van der Waals surface area contributed by atoms with Gasteiger partial charge in [0.15, 0.2) is 0 Å². The van der Waals surface area contributed by atoms with Crippen molar-refractivity contribution in [3.63, 3.8) is 0 Å². The van der Waals surface area contributed by atoms with Crippen LogP contribution in [0.2, 0.25) is 0 Å². The van der Waals surface area contributed by atoms with Crippen molar-refractivity contribution in [2.24, 2.45) is 5.92 Å². The van der Waals surface area contributed by atoms with Gasteiger partial charge in [0.05, 0.1) is 18.8 Å². The van der Waals surface area contributed by atoms with E-state index in [0.717, 1.165) is 32.8 Å². The number of aromatic nitrogens is 1. The monoisotopic (exact) mass is 301 g/mol. The van der Waals surface area contributed by atoms with Crippen LogP contribution in [-0.4, -0.2) is 37.2 Å². The smallest absolute Gasteiger partial charge is 0.0591 e. The molecule has 2 aromatic rings. The zero-order chi connectivity index (χ0) is 15.6. The summed E-state index contributed by atoms with van der Waals surface area (Å²) in [5.41, 5.74) is 3.82. The van der Waals surface area contributed by atoms with Gasteiger partial charge in [0.1, 0.15) is 0 Å². The molecule has 4 nitrogen and oxygen atoms in total. The minimum absolute atomic E-state index is 0.0769. The molecular formula is C18H27N3O. The maximum absolute atomic E-state index is 5.64. The van der Waals surface area contributed by atoms with Crippen LogP contribution in [-0.2, 0) is 10.3 Å². The van der Waals surface area contributed by atoms with Gasteiger partial charge in [0.25, 0.3) is 0 Å². The van der Waals surface area contributed by atoms with E-state index in [9.17, 15) is 0 Å². The van der Waals surface area contributed by atoms with E-state index in [-0.39, 0.29) is 5.54 Å². The van der Waals surface area contributed by atoms with Crippen LogP contribution in [0.5, 0.6) is 0 Å². The van der Waals surface area contributed by atoms with Gasteiger partial charge in [-0.3, -0.25) is 0 Å². The van der Waals surface area contributed by atoms with Crippen LogP contribution in [0.3, 0.4) is 0 Å². The number of nitrogens with one attached hydrogen (secondary N) is 2. The normalized spacial score (nSPS) is 20.2. The number of hydrogen-bond donors (Lipinski definition) is 2. The largest absolute Gasteiger partial charge is 0.380 e. The van der Waals surface area contributed by atoms with E-state index in [1.54, 1.807) is 0 Å². The topological polar surface area (TPSA) is 37.7 Å². The minimum Gasteiger partial charge on any atom is -0.380 e. The Hall–Kier alpha value is -1.36. The number of ether oxygens (including phenoxy) is 1. The van der Waals surface area contributed by atoms with Gasteiger partial charge in [0.2, 0.25) is 0 Å². The Morgan fingerprint density at radius 2 is 2.23 bits per heavy atom. The lowest BCUT2D eigenvalue weighted by Gasteiger charge is -2.29. The molecule has 3 rings (SSSR count). The summed E-state index contributed by atoms with van der Waals surface area (Å²) in [5, 5.41) is 7.16. The van der Waals surface area contributed by atoms with Gasteiger partial charge >= 0.3 is 0 Å². The Balaban J connectivity index is 1.75. The molecule has 0 spiro atoms. The average Bonchev–Trinajstić information content (AvgIpc) is 2.77. The Morgan fingerprint density at radius 3 is 3.09 bits per heavy atom. The predicted octanol–water partition coefficient (Wildman–Crippen LogP) is 2.31. The van der Waals surface area contributed by atoms with Crippen molar-refractivity contribution in [1.82, 2.24) is 15.0 Å². The minimum atomic E-state index is -0.0769. The first kappa shape index (κ1) is 15.5. The average molecular weight is 301 g/mol. The number of aryl methyl sites for hydroxylation is 1. The molecule has 1 atom stereocenters. The molecule has 0 radical (unpaired) electrons. The Bertz CT molecular complexity index is 624. The molecule has 0 amide bonds. The Morgan fingerprint density at radius 1 is 1.36 bits per heavy atom. The highest BCUT2D eigenvalue weighted by Gasteiger charge is 2.25. The summed E-state index contributed by atoms with van der Waals surface area (Å²) >= 11 is 0. The van der Waals surface area contributed by atoms with E-state index in [0.29, 0.717) is 5.92 Å². The quantitative estimate of drug-likeness (QED) is 0.910. The van der Waals surface area contributed by atoms with Crippen LogP contribution >= 0.6 is 0 Å². The van der Waals surface area contributed by atoms with Crippen LogP contribution in [0.25, 0.3) is 5.52 Å². The molecular weight excluding hydrogens is 274 g/mol. The lowest BCUT2D eigenvalue weighted by atomic mass is 9.99. The lowest BCUT2D eigenvalue weighted by molar-refractivity contribution is 0.120. The molecule has 22 heavy (non-hydrogen) atoms. The zero-order valence-electron chi connectivity index (χ0n) is 13.9. The van der Waals surface area contributed by atoms with Gasteiger partial charge in [-0.25, -0.2) is 0 Å². The molecule has 2 N–H and O–H groups in total. The number of fused-ring (bicyclic) bond motifs is 1. The standard InChI is InChI=1S/C18H27N3O/c1-14-5-4-9-21-16(14)6-7-17(21)18(2,3)20-12-15-11-19-8-10-22-13-15/h4-7,9,15,19-20H,8,10-13H2,1-3H3. The summed E-state index contributed by atoms with van der Waals surface area (Å²) in [4.78, 5) is 0. The van der Waals surface area contributed by atoms with Crippen LogP contribution in [0.15, 0.2) is 30.5 Å². The molecule has 0 bridgehead atoms. The molecule has 0 saturated carbocycles. The van der Waals surface area contributed by atoms with Crippen LogP contribution in [0.4, 0.5) is 0 Å². The van der Waals surface area contributed by atoms with E-state index in [1.807, 2.05) is 0 Å². The van der Waals surface area contributed by atoms with Crippen molar-refractivity contribution >= 4 is 5.52 Å². The molecule has 3 heterocycles. The summed E-state index contributed by atoms with van der Waals surface area (Å²) in [6.45, 7) is 11.3. The van der Waals surface area contributed by atoms with Gasteiger partial charge < -0.3 is 19.8 Å². The van der Waals surface area contributed by atoms with Crippen molar-refractivity contribution in [1.29, 1.82) is 0 Å². The number of nitrogens with zero attached hydrogens (tertiary/aromatic N) is 1. The van der Waals surface area contributed by atoms with Crippen LogP contribution < -0.4 is 10.6 Å². The number of pyridine rings is 1. The van der Waals surface area contributed by atoms with E-state index in [2.05, 4.69) is 66.3 Å². The summed E-state index contributed by atoms with van der Waals surface area (Å²) in [6.07, 6.45) is 2.15. The molecule has 1 fully saturated rings. The molecule has 1 unspecified atom stereocenters. The molecule has 0 aliphatic carbocycles. The molecule has 2 aromatic heterocycles. The van der Waals surface area contributed by atoms with Crippen molar-refractivity contribution < 1.29 is 4.74 Å². The van der Waals surface area contributed by atoms with Gasteiger partial charge in [-0.15, -0.1) is 0 Å². The molecule has 0 aromatic carbocycles. The number of rotatable bonds is 4. The van der Waals surface area contributed by atoms with Gasteiger partial charge in [-0.1, -0.05) is 6.07 Å². The fraction of sp³-hybridized carbons (Fsp3) is 0.556. The molecule has 1 aliphatic rings. The fourth-order valence-corrected chi connectivity index (χ4v) is 3.18. The summed E-state index contributed by atoms with van der Waals surface area (Å²) < 4.78 is 7.94. The van der Waals surface area contributed by atoms with Gasteiger partial charge in [-0.2, -0.15) is 0 Å². The first-order valence-electron chi connectivity index (χ1n) is 8.18. The highest BCUT2D eigenvalue weighted by atomic mass is 16.5. The Labute approximate surface area is 132 Å². The van der Waals surface area contributed by atoms with Crippen molar-refractivity contribution in [2.45, 2.75) is 26.3 Å². The first-order valence-corrected chi connectivity index (χ1v) is 8.18. The lowest BCUT2D eigenvalue weighted by Crippen LogP contribution is -2.42. The van der Waals surface area contributed by atoms with E-state index >= 15 is 0 Å². The third kappa shape index (κ3) is 3.19. The number of hydrogen-bond acceptors (Lipinski definition) is 3. The predicted molar refractivity (Wildman–Crippen MR) is 90.3 cm³/mol. The molecule has 1 aliphatic heterocycles. The maximum atomic E-state index is 5.64. The molecule has 1 saturated heterocycles. The van der Waals surface area contributed by atoms with Crippen LogP contribution in [0.1, 0.15) is 25.1 Å². The zero-order valence-corrected chi connectivity index (χ0v) is 13.9. The SMILES string of the molecule is Cc1cccn2c(C(C)(C)NCC3CNCCOC3)ccc12. The second-order valence-electron chi connectivity index (χ2n) is 6.82. The van der Waals surface area contributed by atoms with Crippen LogP contribution in [0, 0.1) is 12.8 Å². The van der Waals surface area contributed by atoms with E-state index in [1.165, 1.54) is 16.8 Å². The fourth-order valence-electron chi connectivity index (χ4n) is 3.18. The maximum Gasteiger partial charge on any atom is 0.0591 e. The highest BCUT2D eigenvalue weighted by Crippen LogP contribution is 2.24. The van der Waals surface area contributed by atoms with Gasteiger partial charge in [0, 0.05) is 43.0 Å². The first-order chi connectivity index (χ1) is 10.6. The second-order valence-corrected chi connectivity index (χ2v) is 6.82. The summed E-state index contributed by atoms with van der Waals surface area (Å²) in [6, 6.07) is 8.72. The van der Waals surface area contributed by atoms with E-state index in [4.69, 9.17) is 4.74 Å². The van der Waals surface area contributed by atoms with Gasteiger partial charge in [-0.05, 0) is 44.5 Å². The summed E-state index contributed by atoms with van der Waals surface area (Å²) in [7, 11) is 0.